The van der Waals surface area contributed by atoms with Gasteiger partial charge in [0.2, 0.25) is 11.8 Å². The van der Waals surface area contributed by atoms with Gasteiger partial charge in [0.25, 0.3) is 0 Å². The highest BCUT2D eigenvalue weighted by Crippen LogP contribution is 2.50. The Morgan fingerprint density at radius 3 is 2.72 bits per heavy atom. The summed E-state index contributed by atoms with van der Waals surface area (Å²) >= 11 is 8.48. The molecule has 0 aromatic carbocycles. The van der Waals surface area contributed by atoms with Gasteiger partial charge in [-0.2, -0.15) is 0 Å². The topological polar surface area (TPSA) is 113 Å². The van der Waals surface area contributed by atoms with Crippen molar-refractivity contribution in [2.45, 2.75) is 48.0 Å². The summed E-state index contributed by atoms with van der Waals surface area (Å²) in [5.41, 5.74) is 5.97. The van der Waals surface area contributed by atoms with E-state index in [-0.39, 0.29) is 11.3 Å². The van der Waals surface area contributed by atoms with Crippen LogP contribution in [0.25, 0.3) is 0 Å². The van der Waals surface area contributed by atoms with Crippen LogP contribution in [0.5, 0.6) is 0 Å². The van der Waals surface area contributed by atoms with E-state index in [0.717, 1.165) is 4.88 Å². The molecule has 136 valence electrons. The number of aliphatic carboxylic acids is 1. The lowest BCUT2D eigenvalue weighted by molar-refractivity contribution is -0.161. The van der Waals surface area contributed by atoms with Crippen LogP contribution in [0.15, 0.2) is 12.1 Å². The number of carboxylic acid groups (broad SMARTS) is 1. The van der Waals surface area contributed by atoms with Crippen LogP contribution >= 0.6 is 34.7 Å². The first-order valence-electron chi connectivity index (χ1n) is 7.60. The number of hydrogen-bond acceptors (Lipinski definition) is 6. The lowest BCUT2D eigenvalue weighted by atomic mass is 9.96. The minimum absolute atomic E-state index is 0.347. The molecule has 7 nitrogen and oxygen atoms in total. The molecular weight excluding hydrogens is 386 g/mol. The van der Waals surface area contributed by atoms with Crippen molar-refractivity contribution in [1.82, 2.24) is 10.2 Å². The number of rotatable bonds is 5. The molecule has 1 aromatic rings. The third kappa shape index (κ3) is 3.03. The number of carboxylic acids is 1. The molecule has 10 heteroatoms. The van der Waals surface area contributed by atoms with E-state index in [1.807, 2.05) is 6.07 Å². The summed E-state index contributed by atoms with van der Waals surface area (Å²) in [6.07, 6.45) is 0. The predicted molar refractivity (Wildman–Crippen MR) is 96.5 cm³/mol. The van der Waals surface area contributed by atoms with Gasteiger partial charge in [-0.05, 0) is 26.0 Å². The van der Waals surface area contributed by atoms with E-state index in [0.29, 0.717) is 10.8 Å². The summed E-state index contributed by atoms with van der Waals surface area (Å²) in [6.45, 7) is 3.57. The van der Waals surface area contributed by atoms with Gasteiger partial charge in [0.05, 0.1) is 5.88 Å². The maximum Gasteiger partial charge on any atom is 0.327 e. The predicted octanol–water partition coefficient (Wildman–Crippen LogP) is 1.12. The summed E-state index contributed by atoms with van der Waals surface area (Å²) in [7, 11) is 0. The van der Waals surface area contributed by atoms with E-state index in [1.165, 1.54) is 28.0 Å². The van der Waals surface area contributed by atoms with Crippen LogP contribution in [0, 0.1) is 0 Å². The highest BCUT2D eigenvalue weighted by molar-refractivity contribution is 8.01. The zero-order valence-corrected chi connectivity index (χ0v) is 16.0. The number of carbonyl (C=O) groups excluding carboxylic acids is 2. The van der Waals surface area contributed by atoms with Crippen molar-refractivity contribution in [3.05, 3.63) is 21.9 Å². The van der Waals surface area contributed by atoms with Gasteiger partial charge >= 0.3 is 5.97 Å². The number of carbonyl (C=O) groups is 3. The molecule has 2 saturated heterocycles. The van der Waals surface area contributed by atoms with Crippen LogP contribution in [0.3, 0.4) is 0 Å². The number of halogens is 1. The molecule has 1 aromatic heterocycles. The molecule has 0 saturated carbocycles. The number of nitrogens with zero attached hydrogens (tertiary/aromatic N) is 1. The van der Waals surface area contributed by atoms with Crippen molar-refractivity contribution in [3.8, 4) is 0 Å². The highest BCUT2D eigenvalue weighted by atomic mass is 35.5. The number of nitrogens with one attached hydrogen (secondary N) is 1. The molecule has 0 radical (unpaired) electrons. The SMILES string of the molecule is CC1(C)SC2C(NC(=O)C(N)c3ccc(CCl)s3)C(=O)N2C1C(=O)O. The second-order valence-electron chi connectivity index (χ2n) is 6.50. The molecule has 0 aliphatic carbocycles. The Hall–Kier alpha value is -1.29. The van der Waals surface area contributed by atoms with Crippen molar-refractivity contribution in [1.29, 1.82) is 0 Å². The normalized spacial score (nSPS) is 28.2. The van der Waals surface area contributed by atoms with Gasteiger partial charge in [0, 0.05) is 14.5 Å². The molecular formula is C15H18ClN3O4S2. The molecule has 2 amide bonds. The number of hydrogen-bond donors (Lipinski definition) is 3. The molecule has 2 aliphatic heterocycles. The standard InChI is InChI=1S/C15H18ClN3O4S2/c1-15(2)10(14(22)23)19-12(21)9(13(19)25-15)18-11(20)8(17)7-4-3-6(5-16)24-7/h3-4,8-10,13H,5,17H2,1-2H3,(H,18,20)(H,22,23). The number of amides is 2. The summed E-state index contributed by atoms with van der Waals surface area (Å²) in [5.74, 6) is -1.54. The van der Waals surface area contributed by atoms with Gasteiger partial charge < -0.3 is 21.1 Å². The average molecular weight is 404 g/mol. The van der Waals surface area contributed by atoms with Gasteiger partial charge in [0.15, 0.2) is 0 Å². The minimum Gasteiger partial charge on any atom is -0.480 e. The van der Waals surface area contributed by atoms with Crippen molar-refractivity contribution >= 4 is 52.5 Å². The fourth-order valence-electron chi connectivity index (χ4n) is 3.15. The van der Waals surface area contributed by atoms with E-state index >= 15 is 0 Å². The summed E-state index contributed by atoms with van der Waals surface area (Å²) < 4.78 is -0.628. The maximum atomic E-state index is 12.4. The average Bonchev–Trinajstić information content (AvgIpc) is 3.12. The molecule has 25 heavy (non-hydrogen) atoms. The third-order valence-electron chi connectivity index (χ3n) is 4.38. The second-order valence-corrected chi connectivity index (χ2v) is 9.74. The van der Waals surface area contributed by atoms with Crippen LogP contribution in [-0.4, -0.2) is 50.0 Å². The Morgan fingerprint density at radius 1 is 1.48 bits per heavy atom. The Labute approximate surface area is 157 Å². The van der Waals surface area contributed by atoms with Crippen LogP contribution < -0.4 is 11.1 Å². The molecule has 2 fully saturated rings. The van der Waals surface area contributed by atoms with Gasteiger partial charge in [-0.25, -0.2) is 4.79 Å². The first-order chi connectivity index (χ1) is 11.7. The molecule has 2 aliphatic rings. The van der Waals surface area contributed by atoms with Crippen molar-refractivity contribution in [3.63, 3.8) is 0 Å². The first-order valence-corrected chi connectivity index (χ1v) is 9.83. The zero-order chi connectivity index (χ0) is 18.5. The number of nitrogens with two attached hydrogens (primary N) is 1. The van der Waals surface area contributed by atoms with E-state index in [2.05, 4.69) is 5.32 Å². The van der Waals surface area contributed by atoms with Crippen molar-refractivity contribution < 1.29 is 19.5 Å². The number of β-lactam (4-membered cyclic amide) rings is 1. The molecule has 0 bridgehead atoms. The Kier molecular flexibility index (Phi) is 4.78. The van der Waals surface area contributed by atoms with Crippen LogP contribution in [0.1, 0.15) is 29.6 Å². The largest absolute Gasteiger partial charge is 0.480 e. The first kappa shape index (κ1) is 18.5. The number of thiophene rings is 1. The Morgan fingerprint density at radius 2 is 2.16 bits per heavy atom. The monoisotopic (exact) mass is 403 g/mol. The molecule has 3 rings (SSSR count). The molecule has 4 atom stereocenters. The highest BCUT2D eigenvalue weighted by Gasteiger charge is 2.64. The van der Waals surface area contributed by atoms with Gasteiger partial charge in [0.1, 0.15) is 23.5 Å². The fraction of sp³-hybridized carbons (Fsp3) is 0.533. The van der Waals surface area contributed by atoms with Crippen LogP contribution in [0.2, 0.25) is 0 Å². The molecule has 0 spiro atoms. The van der Waals surface area contributed by atoms with E-state index < -0.39 is 34.7 Å². The number of alkyl halides is 1. The third-order valence-corrected chi connectivity index (χ3v) is 7.56. The molecule has 4 N–H and O–H groups in total. The summed E-state index contributed by atoms with van der Waals surface area (Å²) in [4.78, 5) is 39.2. The van der Waals surface area contributed by atoms with Crippen LogP contribution in [-0.2, 0) is 20.3 Å². The zero-order valence-electron chi connectivity index (χ0n) is 13.6. The molecule has 3 heterocycles. The lowest BCUT2D eigenvalue weighted by Crippen LogP contribution is -2.71. The van der Waals surface area contributed by atoms with Crippen molar-refractivity contribution in [2.24, 2.45) is 5.73 Å². The number of thioether (sulfide) groups is 1. The second kappa shape index (κ2) is 6.46. The van der Waals surface area contributed by atoms with Gasteiger partial charge in [-0.15, -0.1) is 34.7 Å². The van der Waals surface area contributed by atoms with E-state index in [1.54, 1.807) is 19.9 Å². The summed E-state index contributed by atoms with van der Waals surface area (Å²) in [6, 6.07) is 1.01. The molecule has 4 unspecified atom stereocenters. The van der Waals surface area contributed by atoms with Crippen molar-refractivity contribution in [2.75, 3.05) is 0 Å². The maximum absolute atomic E-state index is 12.4. The van der Waals surface area contributed by atoms with E-state index in [4.69, 9.17) is 17.3 Å². The van der Waals surface area contributed by atoms with E-state index in [9.17, 15) is 19.5 Å². The Balaban J connectivity index is 1.69. The van der Waals surface area contributed by atoms with Gasteiger partial charge in [-0.3, -0.25) is 9.59 Å². The number of fused-ring (bicyclic) bond motifs is 1. The fourth-order valence-corrected chi connectivity index (χ4v) is 5.89. The lowest BCUT2D eigenvalue weighted by Gasteiger charge is -2.43. The summed E-state index contributed by atoms with van der Waals surface area (Å²) in [5, 5.41) is 11.7. The Bertz CT molecular complexity index is 738. The van der Waals surface area contributed by atoms with Crippen LogP contribution in [0.4, 0.5) is 0 Å². The van der Waals surface area contributed by atoms with Gasteiger partial charge in [-0.1, -0.05) is 0 Å². The smallest absolute Gasteiger partial charge is 0.327 e. The quantitative estimate of drug-likeness (QED) is 0.501. The minimum atomic E-state index is -1.04.